The van der Waals surface area contributed by atoms with E-state index in [2.05, 4.69) is 16.9 Å². The molecule has 0 spiro atoms. The first-order valence-electron chi connectivity index (χ1n) is 7.45. The lowest BCUT2D eigenvalue weighted by molar-refractivity contribution is 0.100. The van der Waals surface area contributed by atoms with Gasteiger partial charge in [-0.25, -0.2) is 4.99 Å². The van der Waals surface area contributed by atoms with Crippen molar-refractivity contribution in [2.75, 3.05) is 0 Å². The number of rotatable bonds is 2. The second-order valence-electron chi connectivity index (χ2n) is 5.45. The number of aliphatic imine (C=N–C) groups is 1. The number of aryl methyl sites for hydroxylation is 1. The zero-order valence-corrected chi connectivity index (χ0v) is 13.4. The van der Waals surface area contributed by atoms with Crippen LogP contribution in [0.2, 0.25) is 0 Å². The molecule has 3 aromatic rings. The molecule has 1 aliphatic heterocycles. The van der Waals surface area contributed by atoms with Crippen molar-refractivity contribution in [3.05, 3.63) is 75.7 Å². The zero-order valence-electron chi connectivity index (χ0n) is 12.6. The van der Waals surface area contributed by atoms with E-state index < -0.39 is 0 Å². The monoisotopic (exact) mass is 318 g/mol. The minimum Gasteiger partial charge on any atom is -0.267 e. The lowest BCUT2D eigenvalue weighted by Gasteiger charge is -2.12. The van der Waals surface area contributed by atoms with Crippen LogP contribution in [0.15, 0.2) is 59.7 Å². The summed E-state index contributed by atoms with van der Waals surface area (Å²) in [6.45, 7) is 2.07. The zero-order chi connectivity index (χ0) is 15.8. The fraction of sp³-hybridized carbons (Fsp3) is 0.105. The van der Waals surface area contributed by atoms with Crippen LogP contribution in [0.4, 0.5) is 0 Å². The van der Waals surface area contributed by atoms with E-state index >= 15 is 0 Å². The third-order valence-electron chi connectivity index (χ3n) is 3.96. The highest BCUT2D eigenvalue weighted by molar-refractivity contribution is 7.13. The van der Waals surface area contributed by atoms with Crippen molar-refractivity contribution in [2.24, 2.45) is 4.99 Å². The van der Waals surface area contributed by atoms with Gasteiger partial charge in [-0.05, 0) is 24.6 Å². The van der Waals surface area contributed by atoms with Gasteiger partial charge in [0.05, 0.1) is 17.0 Å². The van der Waals surface area contributed by atoms with Crippen LogP contribution in [0.25, 0.3) is 11.1 Å². The number of hydrogen-bond acceptors (Lipinski definition) is 3. The minimum absolute atomic E-state index is 0.157. The van der Waals surface area contributed by atoms with Crippen molar-refractivity contribution >= 4 is 23.0 Å². The van der Waals surface area contributed by atoms with Gasteiger partial charge in [0, 0.05) is 27.9 Å². The van der Waals surface area contributed by atoms with Crippen LogP contribution in [0, 0.1) is 6.92 Å². The Morgan fingerprint density at radius 3 is 2.52 bits per heavy atom. The van der Waals surface area contributed by atoms with E-state index in [1.54, 1.807) is 17.5 Å². The number of amides is 1. The molecule has 0 fully saturated rings. The third kappa shape index (κ3) is 2.41. The Hall–Kier alpha value is -2.59. The van der Waals surface area contributed by atoms with Gasteiger partial charge in [0.25, 0.3) is 5.91 Å². The summed E-state index contributed by atoms with van der Waals surface area (Å²) < 4.78 is 0. The second-order valence-corrected chi connectivity index (χ2v) is 6.76. The molecule has 23 heavy (non-hydrogen) atoms. The predicted octanol–water partition coefficient (Wildman–Crippen LogP) is 4.30. The van der Waals surface area contributed by atoms with Gasteiger partial charge in [0.2, 0.25) is 0 Å². The molecule has 0 radical (unpaired) electrons. The van der Waals surface area contributed by atoms with Crippen LogP contribution in [-0.2, 0) is 6.42 Å². The van der Waals surface area contributed by atoms with Gasteiger partial charge < -0.3 is 0 Å². The molecule has 2 aromatic heterocycles. The predicted molar refractivity (Wildman–Crippen MR) is 93.3 cm³/mol. The summed E-state index contributed by atoms with van der Waals surface area (Å²) in [5, 5.41) is 0. The number of benzene rings is 1. The van der Waals surface area contributed by atoms with Crippen molar-refractivity contribution in [2.45, 2.75) is 13.3 Å². The van der Waals surface area contributed by atoms with E-state index in [1.807, 2.05) is 48.5 Å². The van der Waals surface area contributed by atoms with Gasteiger partial charge in [-0.3, -0.25) is 9.78 Å². The van der Waals surface area contributed by atoms with Crippen LogP contribution < -0.4 is 0 Å². The fourth-order valence-corrected chi connectivity index (χ4v) is 4.15. The molecule has 0 saturated heterocycles. The second kappa shape index (κ2) is 5.56. The summed E-state index contributed by atoms with van der Waals surface area (Å²) in [5.41, 5.74) is 4.40. The topological polar surface area (TPSA) is 42.3 Å². The molecule has 0 unspecified atom stereocenters. The maximum atomic E-state index is 12.7. The quantitative estimate of drug-likeness (QED) is 0.707. The molecule has 3 nitrogen and oxygen atoms in total. The molecule has 0 aliphatic carbocycles. The Morgan fingerprint density at radius 2 is 1.78 bits per heavy atom. The molecule has 4 heteroatoms. The minimum atomic E-state index is -0.157. The molecule has 4 rings (SSSR count). The molecular formula is C19H14N2OS. The first kappa shape index (κ1) is 14.0. The highest BCUT2D eigenvalue weighted by Crippen LogP contribution is 2.39. The van der Waals surface area contributed by atoms with Gasteiger partial charge in [-0.2, -0.15) is 0 Å². The molecule has 1 aliphatic rings. The average Bonchev–Trinajstić information content (AvgIpc) is 2.93. The van der Waals surface area contributed by atoms with E-state index in [0.29, 0.717) is 6.42 Å². The van der Waals surface area contributed by atoms with Crippen LogP contribution in [0.5, 0.6) is 0 Å². The molecular weight excluding hydrogens is 304 g/mol. The highest BCUT2D eigenvalue weighted by Gasteiger charge is 2.28. The first-order valence-corrected chi connectivity index (χ1v) is 8.26. The summed E-state index contributed by atoms with van der Waals surface area (Å²) in [7, 11) is 0. The summed E-state index contributed by atoms with van der Waals surface area (Å²) in [6.07, 6.45) is 2.39. The molecule has 1 amide bonds. The fourth-order valence-electron chi connectivity index (χ4n) is 2.96. The molecule has 0 N–H and O–H groups in total. The Morgan fingerprint density at radius 1 is 1.00 bits per heavy atom. The number of aromatic nitrogens is 1. The van der Waals surface area contributed by atoms with E-state index in [4.69, 9.17) is 0 Å². The van der Waals surface area contributed by atoms with E-state index in [9.17, 15) is 4.79 Å². The van der Waals surface area contributed by atoms with Gasteiger partial charge in [0.15, 0.2) is 0 Å². The Kier molecular flexibility index (Phi) is 3.39. The van der Waals surface area contributed by atoms with Crippen LogP contribution in [0.1, 0.15) is 25.8 Å². The molecule has 1 aromatic carbocycles. The van der Waals surface area contributed by atoms with Gasteiger partial charge >= 0.3 is 0 Å². The number of hydrogen-bond donors (Lipinski definition) is 0. The number of thiophene rings is 1. The Balaban J connectivity index is 1.82. The first-order chi connectivity index (χ1) is 11.2. The number of fused-ring (bicyclic) bond motifs is 1. The average molecular weight is 318 g/mol. The normalized spacial score (nSPS) is 13.6. The smallest absolute Gasteiger partial charge is 0.267 e. The van der Waals surface area contributed by atoms with E-state index in [-0.39, 0.29) is 5.91 Å². The summed E-state index contributed by atoms with van der Waals surface area (Å²) in [4.78, 5) is 23.5. The van der Waals surface area contributed by atoms with Crippen molar-refractivity contribution in [1.29, 1.82) is 0 Å². The van der Waals surface area contributed by atoms with Gasteiger partial charge in [0.1, 0.15) is 0 Å². The van der Waals surface area contributed by atoms with Crippen LogP contribution >= 0.6 is 11.3 Å². The largest absolute Gasteiger partial charge is 0.279 e. The lowest BCUT2D eigenvalue weighted by atomic mass is 9.96. The highest BCUT2D eigenvalue weighted by atomic mass is 32.1. The molecule has 0 atom stereocenters. The van der Waals surface area contributed by atoms with Gasteiger partial charge in [-0.1, -0.05) is 36.4 Å². The maximum absolute atomic E-state index is 12.7. The van der Waals surface area contributed by atoms with E-state index in [1.165, 1.54) is 0 Å². The molecule has 0 bridgehead atoms. The van der Waals surface area contributed by atoms with Crippen molar-refractivity contribution in [1.82, 2.24) is 4.98 Å². The Bertz CT molecular complexity index is 911. The maximum Gasteiger partial charge on any atom is 0.279 e. The number of carbonyl (C=O) groups is 1. The number of pyridine rings is 1. The summed E-state index contributed by atoms with van der Waals surface area (Å²) in [6, 6.07) is 15.7. The van der Waals surface area contributed by atoms with Crippen molar-refractivity contribution in [3.63, 3.8) is 0 Å². The van der Waals surface area contributed by atoms with Crippen molar-refractivity contribution in [3.8, 4) is 11.1 Å². The standard InChI is InChI=1S/C19H14N2OS/c1-12-17(13-7-3-2-4-8-13)18-16(23-12)11-15(21-19(18)22)14-9-5-6-10-20-14/h2-10H,11H2,1H3. The summed E-state index contributed by atoms with van der Waals surface area (Å²) in [5.74, 6) is -0.157. The SMILES string of the molecule is Cc1sc2c(c1-c1ccccc1)C(=O)N=C(c1ccccn1)C2. The summed E-state index contributed by atoms with van der Waals surface area (Å²) >= 11 is 1.68. The molecule has 112 valence electrons. The third-order valence-corrected chi connectivity index (χ3v) is 5.06. The van der Waals surface area contributed by atoms with Crippen LogP contribution in [0.3, 0.4) is 0 Å². The Labute approximate surface area is 138 Å². The molecule has 0 saturated carbocycles. The lowest BCUT2D eigenvalue weighted by Crippen LogP contribution is -2.17. The van der Waals surface area contributed by atoms with Gasteiger partial charge in [-0.15, -0.1) is 11.3 Å². The number of nitrogens with zero attached hydrogens (tertiary/aromatic N) is 2. The van der Waals surface area contributed by atoms with Crippen LogP contribution in [-0.4, -0.2) is 16.6 Å². The van der Waals surface area contributed by atoms with E-state index in [0.717, 1.165) is 37.9 Å². The molecule has 3 heterocycles. The van der Waals surface area contributed by atoms with Crippen molar-refractivity contribution < 1.29 is 4.79 Å². The number of carbonyl (C=O) groups excluding carboxylic acids is 1.